The number of aryl methyl sites for hydroxylation is 1. The topological polar surface area (TPSA) is 76.1 Å². The molecule has 2 N–H and O–H groups in total. The predicted molar refractivity (Wildman–Crippen MR) is 106 cm³/mol. The van der Waals surface area contributed by atoms with E-state index in [2.05, 4.69) is 26.7 Å². The van der Waals surface area contributed by atoms with E-state index in [9.17, 15) is 4.79 Å². The number of amides is 1. The van der Waals surface area contributed by atoms with E-state index in [1.807, 2.05) is 25.1 Å². The quantitative estimate of drug-likeness (QED) is 0.782. The van der Waals surface area contributed by atoms with Crippen molar-refractivity contribution in [1.82, 2.24) is 15.3 Å². The van der Waals surface area contributed by atoms with Crippen LogP contribution in [0, 0.1) is 6.92 Å². The maximum atomic E-state index is 12.5. The first-order valence-electron chi connectivity index (χ1n) is 9.67. The summed E-state index contributed by atoms with van der Waals surface area (Å²) in [7, 11) is 1.66. The van der Waals surface area contributed by atoms with Crippen LogP contribution >= 0.6 is 0 Å². The van der Waals surface area contributed by atoms with E-state index in [1.165, 1.54) is 24.8 Å². The Morgan fingerprint density at radius 3 is 2.78 bits per heavy atom. The fourth-order valence-corrected chi connectivity index (χ4v) is 3.42. The lowest BCUT2D eigenvalue weighted by molar-refractivity contribution is 0.0922. The second-order valence-corrected chi connectivity index (χ2v) is 7.05. The van der Waals surface area contributed by atoms with E-state index in [4.69, 9.17) is 4.74 Å². The average molecular weight is 368 g/mol. The first kappa shape index (κ1) is 19.1. The Hall–Kier alpha value is -2.63. The van der Waals surface area contributed by atoms with Crippen LogP contribution in [0.1, 0.15) is 53.8 Å². The summed E-state index contributed by atoms with van der Waals surface area (Å²) in [5.74, 6) is 1.23. The lowest BCUT2D eigenvalue weighted by atomic mass is 9.95. The van der Waals surface area contributed by atoms with E-state index in [1.54, 1.807) is 13.2 Å². The number of methoxy groups -OCH3 is 1. The third-order valence-corrected chi connectivity index (χ3v) is 4.86. The third-order valence-electron chi connectivity index (χ3n) is 4.86. The number of hydrogen-bond acceptors (Lipinski definition) is 5. The van der Waals surface area contributed by atoms with Gasteiger partial charge in [0.2, 0.25) is 5.95 Å². The molecule has 6 heteroatoms. The molecule has 1 heterocycles. The van der Waals surface area contributed by atoms with Gasteiger partial charge in [-0.15, -0.1) is 0 Å². The molecule has 1 aromatic heterocycles. The molecule has 1 aliphatic rings. The standard InChI is InChI=1S/C21H28N4O2/c1-15-13-19(20(26)24-17-8-4-3-5-9-17)25-21(23-15)22-12-11-16-7-6-10-18(14-16)27-2/h6-7,10,13-14,17H,3-5,8-9,11-12H2,1-2H3,(H,24,26)(H,22,23,25). The van der Waals surface area contributed by atoms with Gasteiger partial charge in [0.25, 0.3) is 5.91 Å². The molecule has 1 fully saturated rings. The van der Waals surface area contributed by atoms with Gasteiger partial charge in [0.05, 0.1) is 7.11 Å². The monoisotopic (exact) mass is 368 g/mol. The molecule has 1 amide bonds. The van der Waals surface area contributed by atoms with E-state index in [0.717, 1.165) is 30.7 Å². The Balaban J connectivity index is 1.58. The van der Waals surface area contributed by atoms with Crippen LogP contribution in [0.5, 0.6) is 5.75 Å². The molecule has 144 valence electrons. The normalized spacial score (nSPS) is 14.6. The molecule has 0 aliphatic heterocycles. The number of nitrogens with zero attached hydrogens (tertiary/aromatic N) is 2. The molecule has 0 unspecified atom stereocenters. The Morgan fingerprint density at radius 2 is 2.00 bits per heavy atom. The van der Waals surface area contributed by atoms with Gasteiger partial charge >= 0.3 is 0 Å². The summed E-state index contributed by atoms with van der Waals surface area (Å²) in [5, 5.41) is 6.34. The number of aromatic nitrogens is 2. The molecule has 2 aromatic rings. The van der Waals surface area contributed by atoms with E-state index < -0.39 is 0 Å². The Morgan fingerprint density at radius 1 is 1.19 bits per heavy atom. The Bertz CT molecular complexity index is 773. The van der Waals surface area contributed by atoms with Gasteiger partial charge in [0, 0.05) is 18.3 Å². The molecular formula is C21H28N4O2. The number of nitrogens with one attached hydrogen (secondary N) is 2. The summed E-state index contributed by atoms with van der Waals surface area (Å²) in [4.78, 5) is 21.3. The largest absolute Gasteiger partial charge is 0.497 e. The molecule has 1 saturated carbocycles. The molecule has 0 atom stereocenters. The average Bonchev–Trinajstić information content (AvgIpc) is 2.68. The fraction of sp³-hybridized carbons (Fsp3) is 0.476. The predicted octanol–water partition coefficient (Wildman–Crippen LogP) is 3.51. The minimum Gasteiger partial charge on any atom is -0.497 e. The number of rotatable bonds is 7. The van der Waals surface area contributed by atoms with Crippen LogP contribution in [-0.4, -0.2) is 35.6 Å². The molecule has 0 spiro atoms. The molecule has 1 aliphatic carbocycles. The van der Waals surface area contributed by atoms with Gasteiger partial charge in [-0.3, -0.25) is 4.79 Å². The van der Waals surface area contributed by atoms with Crippen LogP contribution in [0.15, 0.2) is 30.3 Å². The molecular weight excluding hydrogens is 340 g/mol. The molecule has 27 heavy (non-hydrogen) atoms. The van der Waals surface area contributed by atoms with E-state index in [-0.39, 0.29) is 11.9 Å². The minimum absolute atomic E-state index is 0.108. The second-order valence-electron chi connectivity index (χ2n) is 7.05. The van der Waals surface area contributed by atoms with Crippen molar-refractivity contribution in [2.24, 2.45) is 0 Å². The number of anilines is 1. The van der Waals surface area contributed by atoms with Crippen LogP contribution in [0.4, 0.5) is 5.95 Å². The summed E-state index contributed by atoms with van der Waals surface area (Å²) >= 11 is 0. The van der Waals surface area contributed by atoms with Crippen molar-refractivity contribution < 1.29 is 9.53 Å². The summed E-state index contributed by atoms with van der Waals surface area (Å²) in [6.45, 7) is 2.56. The summed E-state index contributed by atoms with van der Waals surface area (Å²) in [6.07, 6.45) is 6.57. The van der Waals surface area contributed by atoms with E-state index in [0.29, 0.717) is 18.2 Å². The van der Waals surface area contributed by atoms with Gasteiger partial charge < -0.3 is 15.4 Å². The number of benzene rings is 1. The van der Waals surface area contributed by atoms with Gasteiger partial charge in [-0.05, 0) is 49.9 Å². The zero-order valence-electron chi connectivity index (χ0n) is 16.1. The first-order chi connectivity index (χ1) is 13.1. The number of hydrogen-bond donors (Lipinski definition) is 2. The summed E-state index contributed by atoms with van der Waals surface area (Å²) in [6, 6.07) is 9.99. The van der Waals surface area contributed by atoms with Crippen LogP contribution < -0.4 is 15.4 Å². The van der Waals surface area contributed by atoms with Crippen molar-refractivity contribution in [3.05, 3.63) is 47.3 Å². The molecule has 6 nitrogen and oxygen atoms in total. The van der Waals surface area contributed by atoms with Crippen molar-refractivity contribution in [1.29, 1.82) is 0 Å². The number of carbonyl (C=O) groups is 1. The highest BCUT2D eigenvalue weighted by atomic mass is 16.5. The van der Waals surface area contributed by atoms with Crippen LogP contribution in [0.25, 0.3) is 0 Å². The van der Waals surface area contributed by atoms with Crippen molar-refractivity contribution in [2.75, 3.05) is 19.0 Å². The maximum Gasteiger partial charge on any atom is 0.270 e. The fourth-order valence-electron chi connectivity index (χ4n) is 3.42. The SMILES string of the molecule is COc1cccc(CCNc2nc(C)cc(C(=O)NC3CCCCC3)n2)c1. The summed E-state index contributed by atoms with van der Waals surface area (Å²) < 4.78 is 5.25. The van der Waals surface area contributed by atoms with Crippen molar-refractivity contribution in [2.45, 2.75) is 51.5 Å². The van der Waals surface area contributed by atoms with E-state index >= 15 is 0 Å². The van der Waals surface area contributed by atoms with Gasteiger partial charge in [0.1, 0.15) is 11.4 Å². The lowest BCUT2D eigenvalue weighted by Gasteiger charge is -2.22. The molecule has 3 rings (SSSR count). The number of ether oxygens (including phenoxy) is 1. The molecule has 0 bridgehead atoms. The highest BCUT2D eigenvalue weighted by molar-refractivity contribution is 5.92. The highest BCUT2D eigenvalue weighted by Gasteiger charge is 2.18. The van der Waals surface area contributed by atoms with Gasteiger partial charge in [-0.1, -0.05) is 31.4 Å². The molecule has 0 saturated heterocycles. The number of carbonyl (C=O) groups excluding carboxylic acids is 1. The Labute approximate surface area is 160 Å². The lowest BCUT2D eigenvalue weighted by Crippen LogP contribution is -2.36. The van der Waals surface area contributed by atoms with Crippen LogP contribution in [0.3, 0.4) is 0 Å². The first-order valence-corrected chi connectivity index (χ1v) is 9.67. The summed E-state index contributed by atoms with van der Waals surface area (Å²) in [5.41, 5.74) is 2.38. The van der Waals surface area contributed by atoms with Crippen molar-refractivity contribution >= 4 is 11.9 Å². The van der Waals surface area contributed by atoms with Gasteiger partial charge in [-0.25, -0.2) is 9.97 Å². The maximum absolute atomic E-state index is 12.5. The third kappa shape index (κ3) is 5.67. The second kappa shape index (κ2) is 9.35. The highest BCUT2D eigenvalue weighted by Crippen LogP contribution is 2.18. The van der Waals surface area contributed by atoms with Crippen LogP contribution in [-0.2, 0) is 6.42 Å². The van der Waals surface area contributed by atoms with Crippen molar-refractivity contribution in [3.63, 3.8) is 0 Å². The molecule has 1 aromatic carbocycles. The zero-order chi connectivity index (χ0) is 19.1. The zero-order valence-corrected chi connectivity index (χ0v) is 16.1. The van der Waals surface area contributed by atoms with Gasteiger partial charge in [0.15, 0.2) is 0 Å². The Kier molecular flexibility index (Phi) is 6.63. The minimum atomic E-state index is -0.108. The van der Waals surface area contributed by atoms with Crippen molar-refractivity contribution in [3.8, 4) is 5.75 Å². The molecule has 0 radical (unpaired) electrons. The van der Waals surface area contributed by atoms with Gasteiger partial charge in [-0.2, -0.15) is 0 Å². The smallest absolute Gasteiger partial charge is 0.270 e. The van der Waals surface area contributed by atoms with Crippen LogP contribution in [0.2, 0.25) is 0 Å².